The third-order valence-corrected chi connectivity index (χ3v) is 3.52. The third-order valence-electron chi connectivity index (χ3n) is 3.52. The molecule has 3 heteroatoms. The van der Waals surface area contributed by atoms with E-state index in [9.17, 15) is 5.11 Å². The lowest BCUT2D eigenvalue weighted by Gasteiger charge is -2.20. The normalized spacial score (nSPS) is 18.4. The first-order valence-corrected chi connectivity index (χ1v) is 6.36. The van der Waals surface area contributed by atoms with Crippen LogP contribution in [0, 0.1) is 5.92 Å². The molecule has 1 aromatic heterocycles. The van der Waals surface area contributed by atoms with E-state index in [2.05, 4.69) is 16.9 Å². The average molecular weight is 240 g/mol. The zero-order valence-corrected chi connectivity index (χ0v) is 10.4. The van der Waals surface area contributed by atoms with E-state index in [1.54, 1.807) is 12.1 Å². The lowest BCUT2D eigenvalue weighted by atomic mass is 9.89. The molecule has 0 radical (unpaired) electrons. The van der Waals surface area contributed by atoms with Crippen LogP contribution in [0.5, 0.6) is 5.75 Å². The molecule has 18 heavy (non-hydrogen) atoms. The highest BCUT2D eigenvalue weighted by Gasteiger charge is 2.17. The summed E-state index contributed by atoms with van der Waals surface area (Å²) >= 11 is 0. The monoisotopic (exact) mass is 240 g/mol. The highest BCUT2D eigenvalue weighted by atomic mass is 16.3. The van der Waals surface area contributed by atoms with Crippen LogP contribution in [0.25, 0.3) is 11.4 Å². The maximum atomic E-state index is 9.28. The largest absolute Gasteiger partial charge is 0.508 e. The van der Waals surface area contributed by atoms with Gasteiger partial charge in [-0.3, -0.25) is 0 Å². The number of aromatic nitrogens is 2. The Balaban J connectivity index is 1.97. The molecule has 1 aliphatic carbocycles. The Morgan fingerprint density at radius 3 is 2.78 bits per heavy atom. The van der Waals surface area contributed by atoms with Gasteiger partial charge in [0.1, 0.15) is 5.75 Å². The number of aryl methyl sites for hydroxylation is 1. The van der Waals surface area contributed by atoms with E-state index in [0.29, 0.717) is 0 Å². The van der Waals surface area contributed by atoms with Crippen molar-refractivity contribution >= 4 is 0 Å². The van der Waals surface area contributed by atoms with Crippen molar-refractivity contribution < 1.29 is 5.11 Å². The third kappa shape index (κ3) is 2.08. The van der Waals surface area contributed by atoms with Gasteiger partial charge in [-0.2, -0.15) is 0 Å². The summed E-state index contributed by atoms with van der Waals surface area (Å²) in [5.41, 5.74) is 3.43. The number of phenolic OH excluding ortho intramolecular Hbond substituents is 1. The second kappa shape index (κ2) is 4.41. The summed E-state index contributed by atoms with van der Waals surface area (Å²) in [7, 11) is 0. The van der Waals surface area contributed by atoms with Crippen LogP contribution in [0.2, 0.25) is 0 Å². The zero-order chi connectivity index (χ0) is 12.5. The van der Waals surface area contributed by atoms with Gasteiger partial charge in [0.15, 0.2) is 5.82 Å². The van der Waals surface area contributed by atoms with E-state index in [0.717, 1.165) is 30.1 Å². The summed E-state index contributed by atoms with van der Waals surface area (Å²) in [6.07, 6.45) is 5.30. The van der Waals surface area contributed by atoms with Crippen molar-refractivity contribution in [3.05, 3.63) is 41.7 Å². The molecule has 1 aliphatic rings. The highest BCUT2D eigenvalue weighted by molar-refractivity contribution is 5.56. The van der Waals surface area contributed by atoms with Gasteiger partial charge in [0.05, 0.1) is 0 Å². The van der Waals surface area contributed by atoms with E-state index < -0.39 is 0 Å². The Hall–Kier alpha value is -1.90. The molecule has 1 aromatic carbocycles. The van der Waals surface area contributed by atoms with Crippen molar-refractivity contribution in [3.8, 4) is 17.1 Å². The van der Waals surface area contributed by atoms with E-state index in [-0.39, 0.29) is 5.75 Å². The molecule has 3 rings (SSSR count). The summed E-state index contributed by atoms with van der Waals surface area (Å²) in [5, 5.41) is 9.28. The number of hydrogen-bond acceptors (Lipinski definition) is 3. The minimum atomic E-state index is 0.269. The molecule has 0 saturated carbocycles. The second-order valence-corrected chi connectivity index (χ2v) is 5.06. The van der Waals surface area contributed by atoms with Crippen LogP contribution in [0.15, 0.2) is 30.5 Å². The lowest BCUT2D eigenvalue weighted by Crippen LogP contribution is -2.13. The topological polar surface area (TPSA) is 46.0 Å². The van der Waals surface area contributed by atoms with Gasteiger partial charge < -0.3 is 5.11 Å². The number of aromatic hydroxyl groups is 1. The Bertz CT molecular complexity index is 563. The molecule has 0 fully saturated rings. The number of phenols is 1. The molecule has 1 N–H and O–H groups in total. The molecule has 92 valence electrons. The van der Waals surface area contributed by atoms with Crippen LogP contribution in [0.3, 0.4) is 0 Å². The van der Waals surface area contributed by atoms with Gasteiger partial charge in [-0.05, 0) is 55.0 Å². The van der Waals surface area contributed by atoms with Crippen LogP contribution in [-0.4, -0.2) is 15.1 Å². The van der Waals surface area contributed by atoms with Gasteiger partial charge in [0.25, 0.3) is 0 Å². The van der Waals surface area contributed by atoms with E-state index >= 15 is 0 Å². The van der Waals surface area contributed by atoms with Gasteiger partial charge >= 0.3 is 0 Å². The maximum absolute atomic E-state index is 9.28. The highest BCUT2D eigenvalue weighted by Crippen LogP contribution is 2.26. The predicted octanol–water partition coefficient (Wildman–Crippen LogP) is 2.97. The Morgan fingerprint density at radius 1 is 1.22 bits per heavy atom. The maximum Gasteiger partial charge on any atom is 0.159 e. The van der Waals surface area contributed by atoms with Crippen LogP contribution in [0.4, 0.5) is 0 Å². The van der Waals surface area contributed by atoms with Crippen molar-refractivity contribution in [3.63, 3.8) is 0 Å². The molecular formula is C15H16N2O. The Morgan fingerprint density at radius 2 is 2.00 bits per heavy atom. The second-order valence-electron chi connectivity index (χ2n) is 5.06. The quantitative estimate of drug-likeness (QED) is 0.833. The SMILES string of the molecule is CC1CCc2nc(-c3ccc(O)cc3)ncc2C1. The van der Waals surface area contributed by atoms with Crippen LogP contribution in [-0.2, 0) is 12.8 Å². The standard InChI is InChI=1S/C15H16N2O/c1-10-2-7-14-12(8-10)9-16-15(17-14)11-3-5-13(18)6-4-11/h3-6,9-10,18H,2,7-8H2,1H3. The number of rotatable bonds is 1. The van der Waals surface area contributed by atoms with Gasteiger partial charge in [-0.15, -0.1) is 0 Å². The number of hydrogen-bond donors (Lipinski definition) is 1. The molecule has 0 saturated heterocycles. The Labute approximate surface area is 107 Å². The average Bonchev–Trinajstić information content (AvgIpc) is 2.39. The van der Waals surface area contributed by atoms with Crippen molar-refractivity contribution in [2.24, 2.45) is 5.92 Å². The first-order chi connectivity index (χ1) is 8.72. The van der Waals surface area contributed by atoms with Crippen LogP contribution in [0.1, 0.15) is 24.6 Å². The molecule has 1 atom stereocenters. The summed E-state index contributed by atoms with van der Waals surface area (Å²) < 4.78 is 0. The Kier molecular flexibility index (Phi) is 2.74. The van der Waals surface area contributed by atoms with E-state index in [1.807, 2.05) is 18.3 Å². The van der Waals surface area contributed by atoms with Gasteiger partial charge in [0.2, 0.25) is 0 Å². The molecule has 3 nitrogen and oxygen atoms in total. The fourth-order valence-electron chi connectivity index (χ4n) is 2.44. The first kappa shape index (κ1) is 11.2. The molecule has 0 amide bonds. The van der Waals surface area contributed by atoms with Crippen molar-refractivity contribution in [1.82, 2.24) is 9.97 Å². The van der Waals surface area contributed by atoms with E-state index in [1.165, 1.54) is 17.7 Å². The lowest BCUT2D eigenvalue weighted by molar-refractivity contribution is 0.475. The van der Waals surface area contributed by atoms with Gasteiger partial charge in [-0.25, -0.2) is 9.97 Å². The summed E-state index contributed by atoms with van der Waals surface area (Å²) in [6, 6.07) is 7.03. The van der Waals surface area contributed by atoms with Crippen LogP contribution < -0.4 is 0 Å². The minimum Gasteiger partial charge on any atom is -0.508 e. The van der Waals surface area contributed by atoms with Gasteiger partial charge in [-0.1, -0.05) is 6.92 Å². The molecule has 0 spiro atoms. The van der Waals surface area contributed by atoms with Gasteiger partial charge in [0, 0.05) is 17.5 Å². The fourth-order valence-corrected chi connectivity index (χ4v) is 2.44. The van der Waals surface area contributed by atoms with Crippen molar-refractivity contribution in [2.75, 3.05) is 0 Å². The molecule has 0 bridgehead atoms. The molecular weight excluding hydrogens is 224 g/mol. The molecule has 0 aliphatic heterocycles. The predicted molar refractivity (Wildman–Crippen MR) is 70.3 cm³/mol. The molecule has 2 aromatic rings. The first-order valence-electron chi connectivity index (χ1n) is 6.36. The summed E-state index contributed by atoms with van der Waals surface area (Å²) in [4.78, 5) is 9.09. The number of benzene rings is 1. The fraction of sp³-hybridized carbons (Fsp3) is 0.333. The summed E-state index contributed by atoms with van der Waals surface area (Å²) in [6.45, 7) is 2.27. The molecule has 1 unspecified atom stereocenters. The number of nitrogens with zero attached hydrogens (tertiary/aromatic N) is 2. The number of fused-ring (bicyclic) bond motifs is 1. The minimum absolute atomic E-state index is 0.269. The summed E-state index contributed by atoms with van der Waals surface area (Å²) in [5.74, 6) is 1.76. The van der Waals surface area contributed by atoms with Crippen LogP contribution >= 0.6 is 0 Å². The van der Waals surface area contributed by atoms with Crippen molar-refractivity contribution in [1.29, 1.82) is 0 Å². The smallest absolute Gasteiger partial charge is 0.159 e. The zero-order valence-electron chi connectivity index (χ0n) is 10.4. The van der Waals surface area contributed by atoms with Crippen molar-refractivity contribution in [2.45, 2.75) is 26.2 Å². The molecule has 1 heterocycles. The van der Waals surface area contributed by atoms with E-state index in [4.69, 9.17) is 0 Å².